The van der Waals surface area contributed by atoms with Crippen LogP contribution in [-0.4, -0.2) is 17.3 Å². The fourth-order valence-corrected chi connectivity index (χ4v) is 1.92. The lowest BCUT2D eigenvalue weighted by Gasteiger charge is -2.29. The second-order valence-corrected chi connectivity index (χ2v) is 4.07. The third-order valence-electron chi connectivity index (χ3n) is 2.83. The molecule has 0 atom stereocenters. The van der Waals surface area contributed by atoms with Crippen LogP contribution < -0.4 is 0 Å². The fraction of sp³-hybridized carbons (Fsp3) is 0.417. The summed E-state index contributed by atoms with van der Waals surface area (Å²) in [6.07, 6.45) is 2.89. The molecule has 16 heavy (non-hydrogen) atoms. The molecule has 0 amide bonds. The summed E-state index contributed by atoms with van der Waals surface area (Å²) in [7, 11) is 0. The van der Waals surface area contributed by atoms with Gasteiger partial charge in [0, 0.05) is 19.5 Å². The van der Waals surface area contributed by atoms with Crippen molar-refractivity contribution < 1.29 is 8.78 Å². The van der Waals surface area contributed by atoms with Crippen molar-refractivity contribution in [2.75, 3.05) is 6.54 Å². The third kappa shape index (κ3) is 2.38. The summed E-state index contributed by atoms with van der Waals surface area (Å²) in [6.45, 7) is 1.33. The Morgan fingerprint density at radius 2 is 2.00 bits per heavy atom. The highest BCUT2D eigenvalue weighted by molar-refractivity contribution is 5.79. The van der Waals surface area contributed by atoms with Crippen molar-refractivity contribution >= 4 is 5.84 Å². The van der Waals surface area contributed by atoms with Crippen LogP contribution in [0.5, 0.6) is 0 Å². The second kappa shape index (κ2) is 4.60. The number of piperidine rings is 1. The van der Waals surface area contributed by atoms with E-state index >= 15 is 0 Å². The minimum absolute atomic E-state index is 0.496. The van der Waals surface area contributed by atoms with E-state index in [0.29, 0.717) is 17.9 Å². The Bertz CT molecular complexity index is 404. The first-order valence-corrected chi connectivity index (χ1v) is 5.43. The van der Waals surface area contributed by atoms with Gasteiger partial charge in [-0.1, -0.05) is 6.07 Å². The molecule has 1 aliphatic rings. The molecule has 2 rings (SSSR count). The van der Waals surface area contributed by atoms with Crippen LogP contribution in [0.3, 0.4) is 0 Å². The van der Waals surface area contributed by atoms with Crippen LogP contribution in [0.2, 0.25) is 0 Å². The topological polar surface area (TPSA) is 27.1 Å². The molecule has 0 bridgehead atoms. The van der Waals surface area contributed by atoms with Crippen LogP contribution in [0.1, 0.15) is 24.8 Å². The summed E-state index contributed by atoms with van der Waals surface area (Å²) in [5.41, 5.74) is 0.713. The predicted molar refractivity (Wildman–Crippen MR) is 58.3 cm³/mol. The van der Waals surface area contributed by atoms with E-state index in [1.54, 1.807) is 6.07 Å². The Labute approximate surface area is 93.4 Å². The average molecular weight is 224 g/mol. The van der Waals surface area contributed by atoms with Gasteiger partial charge in [-0.15, -0.1) is 0 Å². The molecule has 4 heteroatoms. The maximum absolute atomic E-state index is 13.0. The van der Waals surface area contributed by atoms with E-state index < -0.39 is 11.6 Å². The van der Waals surface area contributed by atoms with Crippen molar-refractivity contribution in [3.8, 4) is 0 Å². The van der Waals surface area contributed by atoms with E-state index in [0.717, 1.165) is 31.9 Å². The van der Waals surface area contributed by atoms with Crippen LogP contribution in [0, 0.1) is 17.0 Å². The molecule has 1 aromatic carbocycles. The van der Waals surface area contributed by atoms with Crippen molar-refractivity contribution in [3.05, 3.63) is 35.4 Å². The van der Waals surface area contributed by atoms with Crippen molar-refractivity contribution in [1.82, 2.24) is 4.90 Å². The molecule has 1 N–H and O–H groups in total. The molecule has 1 aliphatic heterocycles. The maximum Gasteiger partial charge on any atom is 0.159 e. The van der Waals surface area contributed by atoms with Crippen molar-refractivity contribution in [1.29, 1.82) is 5.41 Å². The molecule has 0 saturated carbocycles. The summed E-state index contributed by atoms with van der Waals surface area (Å²) < 4.78 is 25.7. The molecule has 0 radical (unpaired) electrons. The van der Waals surface area contributed by atoms with Gasteiger partial charge < -0.3 is 4.90 Å². The Morgan fingerprint density at radius 3 is 2.69 bits per heavy atom. The zero-order chi connectivity index (χ0) is 11.5. The molecule has 1 fully saturated rings. The van der Waals surface area contributed by atoms with Crippen LogP contribution in [0.4, 0.5) is 8.78 Å². The highest BCUT2D eigenvalue weighted by Crippen LogP contribution is 2.16. The number of nitrogens with zero attached hydrogens (tertiary/aromatic N) is 1. The second-order valence-electron chi connectivity index (χ2n) is 4.07. The van der Waals surface area contributed by atoms with E-state index in [1.165, 1.54) is 6.07 Å². The van der Waals surface area contributed by atoms with Crippen LogP contribution >= 0.6 is 0 Å². The monoisotopic (exact) mass is 224 g/mol. The van der Waals surface area contributed by atoms with Gasteiger partial charge in [-0.3, -0.25) is 5.41 Å². The largest absolute Gasteiger partial charge is 0.356 e. The van der Waals surface area contributed by atoms with Crippen LogP contribution in [0.25, 0.3) is 0 Å². The molecule has 0 aromatic heterocycles. The number of nitrogens with one attached hydrogen (secondary N) is 1. The zero-order valence-electron chi connectivity index (χ0n) is 8.97. The lowest BCUT2D eigenvalue weighted by molar-refractivity contribution is 0.360. The fourth-order valence-electron chi connectivity index (χ4n) is 1.92. The van der Waals surface area contributed by atoms with E-state index in [4.69, 9.17) is 5.41 Å². The lowest BCUT2D eigenvalue weighted by Crippen LogP contribution is -2.34. The number of rotatable bonds is 2. The van der Waals surface area contributed by atoms with Crippen molar-refractivity contribution in [2.24, 2.45) is 0 Å². The summed E-state index contributed by atoms with van der Waals surface area (Å²) >= 11 is 0. The highest BCUT2D eigenvalue weighted by atomic mass is 19.2. The molecule has 0 unspecified atom stereocenters. The number of benzene rings is 1. The van der Waals surface area contributed by atoms with Gasteiger partial charge in [0.25, 0.3) is 0 Å². The molecule has 1 aromatic rings. The maximum atomic E-state index is 13.0. The standard InChI is InChI=1S/C12H14F2N2/c13-10-5-4-9(7-11(10)14)8-16-6-2-1-3-12(16)15/h4-5,7,15H,1-3,6,8H2. The normalized spacial score (nSPS) is 16.6. The van der Waals surface area contributed by atoms with Crippen LogP contribution in [-0.2, 0) is 6.54 Å². The van der Waals surface area contributed by atoms with Gasteiger partial charge in [0.1, 0.15) is 0 Å². The van der Waals surface area contributed by atoms with Gasteiger partial charge in [-0.2, -0.15) is 0 Å². The molecular formula is C12H14F2N2. The van der Waals surface area contributed by atoms with Crippen molar-refractivity contribution in [3.63, 3.8) is 0 Å². The smallest absolute Gasteiger partial charge is 0.159 e. The summed E-state index contributed by atoms with van der Waals surface area (Å²) in [6, 6.07) is 3.91. The molecule has 1 saturated heterocycles. The van der Waals surface area contributed by atoms with Gasteiger partial charge in [-0.25, -0.2) is 8.78 Å². The Balaban J connectivity index is 2.08. The van der Waals surface area contributed by atoms with Gasteiger partial charge in [0.05, 0.1) is 5.84 Å². The SMILES string of the molecule is N=C1CCCCN1Cc1ccc(F)c(F)c1. The van der Waals surface area contributed by atoms with E-state index in [-0.39, 0.29) is 0 Å². The molecule has 0 spiro atoms. The number of amidine groups is 1. The minimum Gasteiger partial charge on any atom is -0.356 e. The van der Waals surface area contributed by atoms with Crippen molar-refractivity contribution in [2.45, 2.75) is 25.8 Å². The molecule has 1 heterocycles. The first-order valence-electron chi connectivity index (χ1n) is 5.43. The first-order chi connectivity index (χ1) is 7.66. The van der Waals surface area contributed by atoms with Crippen LogP contribution in [0.15, 0.2) is 18.2 Å². The molecule has 0 aliphatic carbocycles. The summed E-state index contributed by atoms with van der Waals surface area (Å²) in [5.74, 6) is -1.05. The van der Waals surface area contributed by atoms with Gasteiger partial charge >= 0.3 is 0 Å². The number of hydrogen-bond acceptors (Lipinski definition) is 1. The highest BCUT2D eigenvalue weighted by Gasteiger charge is 2.15. The number of hydrogen-bond donors (Lipinski definition) is 1. The molecular weight excluding hydrogens is 210 g/mol. The van der Waals surface area contributed by atoms with E-state index in [9.17, 15) is 8.78 Å². The van der Waals surface area contributed by atoms with Gasteiger partial charge in [-0.05, 0) is 30.5 Å². The quantitative estimate of drug-likeness (QED) is 0.821. The zero-order valence-corrected chi connectivity index (χ0v) is 8.97. The van der Waals surface area contributed by atoms with Gasteiger partial charge in [0.2, 0.25) is 0 Å². The minimum atomic E-state index is -0.822. The number of likely N-dealkylation sites (tertiary alicyclic amines) is 1. The first kappa shape index (κ1) is 11.0. The Morgan fingerprint density at radius 1 is 1.19 bits per heavy atom. The van der Waals surface area contributed by atoms with E-state index in [1.807, 2.05) is 4.90 Å². The summed E-state index contributed by atoms with van der Waals surface area (Å²) in [4.78, 5) is 1.91. The van der Waals surface area contributed by atoms with E-state index in [2.05, 4.69) is 0 Å². The third-order valence-corrected chi connectivity index (χ3v) is 2.83. The Hall–Kier alpha value is -1.45. The number of halogens is 2. The molecule has 86 valence electrons. The predicted octanol–water partition coefficient (Wildman–Crippen LogP) is 2.93. The van der Waals surface area contributed by atoms with Gasteiger partial charge in [0.15, 0.2) is 11.6 Å². The summed E-state index contributed by atoms with van der Waals surface area (Å²) in [5, 5.41) is 7.75. The average Bonchev–Trinajstić information content (AvgIpc) is 2.27. The lowest BCUT2D eigenvalue weighted by atomic mass is 10.1. The molecule has 2 nitrogen and oxygen atoms in total. The Kier molecular flexibility index (Phi) is 3.17.